The quantitative estimate of drug-likeness (QED) is 0.890. The van der Waals surface area contributed by atoms with E-state index in [0.717, 1.165) is 25.2 Å². The van der Waals surface area contributed by atoms with Crippen LogP contribution in [0.15, 0.2) is 12.4 Å². The zero-order valence-corrected chi connectivity index (χ0v) is 13.5. The monoisotopic (exact) mass is 320 g/mol. The molecule has 0 radical (unpaired) electrons. The standard InChI is InChI=1S/C16H24N4O3/c1-2-19-9-7-18-15(19)14-12(4-3-11-23-14)16(22)20-8-5-13(21)17-6-10-20/h7,9,12,14H,2-6,8,10-11H2,1H3,(H,17,21)/t12-,14-/m1/s1. The van der Waals surface area contributed by atoms with Crippen LogP contribution < -0.4 is 5.32 Å². The summed E-state index contributed by atoms with van der Waals surface area (Å²) < 4.78 is 7.96. The first-order valence-electron chi connectivity index (χ1n) is 8.39. The van der Waals surface area contributed by atoms with E-state index in [2.05, 4.69) is 17.2 Å². The van der Waals surface area contributed by atoms with E-state index in [4.69, 9.17) is 4.74 Å². The maximum atomic E-state index is 13.0. The van der Waals surface area contributed by atoms with Crippen molar-refractivity contribution < 1.29 is 14.3 Å². The van der Waals surface area contributed by atoms with Crippen LogP contribution in [-0.2, 0) is 20.9 Å². The van der Waals surface area contributed by atoms with Gasteiger partial charge in [0.2, 0.25) is 11.8 Å². The fourth-order valence-electron chi connectivity index (χ4n) is 3.36. The Hall–Kier alpha value is -1.89. The lowest BCUT2D eigenvalue weighted by Gasteiger charge is -2.34. The Balaban J connectivity index is 1.78. The normalized spacial score (nSPS) is 25.8. The van der Waals surface area contributed by atoms with Crippen molar-refractivity contribution in [3.05, 3.63) is 18.2 Å². The summed E-state index contributed by atoms with van der Waals surface area (Å²) in [6, 6.07) is 0. The molecule has 0 unspecified atom stereocenters. The van der Waals surface area contributed by atoms with E-state index in [1.807, 2.05) is 10.8 Å². The topological polar surface area (TPSA) is 76.5 Å². The van der Waals surface area contributed by atoms with Gasteiger partial charge in [-0.05, 0) is 19.8 Å². The van der Waals surface area contributed by atoms with Crippen LogP contribution in [0.1, 0.15) is 38.1 Å². The largest absolute Gasteiger partial charge is 0.369 e. The highest BCUT2D eigenvalue weighted by atomic mass is 16.5. The van der Waals surface area contributed by atoms with Crippen LogP contribution in [0.4, 0.5) is 0 Å². The molecule has 0 saturated carbocycles. The molecule has 0 aromatic carbocycles. The van der Waals surface area contributed by atoms with Crippen molar-refractivity contribution in [2.45, 2.75) is 38.8 Å². The molecular formula is C16H24N4O3. The SMILES string of the molecule is CCn1ccnc1[C@@H]1OCCC[C@H]1C(=O)N1CCNC(=O)CC1. The molecule has 1 aromatic heterocycles. The van der Waals surface area contributed by atoms with Gasteiger partial charge in [-0.3, -0.25) is 9.59 Å². The zero-order chi connectivity index (χ0) is 16.2. The van der Waals surface area contributed by atoms with Crippen molar-refractivity contribution >= 4 is 11.8 Å². The lowest BCUT2D eigenvalue weighted by Crippen LogP contribution is -2.43. The number of carbonyl (C=O) groups is 2. The summed E-state index contributed by atoms with van der Waals surface area (Å²) in [5, 5.41) is 2.81. The molecule has 1 N–H and O–H groups in total. The van der Waals surface area contributed by atoms with Crippen LogP contribution in [0.3, 0.4) is 0 Å². The van der Waals surface area contributed by atoms with Gasteiger partial charge in [0.25, 0.3) is 0 Å². The van der Waals surface area contributed by atoms with E-state index in [0.29, 0.717) is 32.7 Å². The molecule has 3 rings (SSSR count). The highest BCUT2D eigenvalue weighted by Gasteiger charge is 2.38. The van der Waals surface area contributed by atoms with Gasteiger partial charge < -0.3 is 19.5 Å². The number of amides is 2. The Morgan fingerprint density at radius 2 is 2.35 bits per heavy atom. The average Bonchev–Trinajstić information content (AvgIpc) is 2.95. The molecule has 0 bridgehead atoms. The Kier molecular flexibility index (Phi) is 4.95. The maximum absolute atomic E-state index is 13.0. The van der Waals surface area contributed by atoms with E-state index >= 15 is 0 Å². The second-order valence-corrected chi connectivity index (χ2v) is 6.04. The number of nitrogens with zero attached hydrogens (tertiary/aromatic N) is 3. The number of hydrogen-bond donors (Lipinski definition) is 1. The second-order valence-electron chi connectivity index (χ2n) is 6.04. The number of nitrogens with one attached hydrogen (secondary N) is 1. The summed E-state index contributed by atoms with van der Waals surface area (Å²) in [5.74, 6) is 0.703. The third-order valence-corrected chi connectivity index (χ3v) is 4.61. The van der Waals surface area contributed by atoms with E-state index in [1.165, 1.54) is 0 Å². The van der Waals surface area contributed by atoms with Crippen molar-refractivity contribution in [2.75, 3.05) is 26.2 Å². The van der Waals surface area contributed by atoms with Crippen LogP contribution in [0.5, 0.6) is 0 Å². The molecule has 0 spiro atoms. The predicted molar refractivity (Wildman–Crippen MR) is 83.5 cm³/mol. The number of aromatic nitrogens is 2. The first kappa shape index (κ1) is 16.0. The first-order valence-corrected chi connectivity index (χ1v) is 8.39. The van der Waals surface area contributed by atoms with Gasteiger partial charge >= 0.3 is 0 Å². The van der Waals surface area contributed by atoms with Crippen LogP contribution in [0, 0.1) is 5.92 Å². The maximum Gasteiger partial charge on any atom is 0.228 e. The molecule has 0 aliphatic carbocycles. The third kappa shape index (κ3) is 3.39. The summed E-state index contributed by atoms with van der Waals surface area (Å²) in [4.78, 5) is 30.7. The molecule has 3 heterocycles. The lowest BCUT2D eigenvalue weighted by atomic mass is 9.92. The Morgan fingerprint density at radius 1 is 1.48 bits per heavy atom. The van der Waals surface area contributed by atoms with Crippen molar-refractivity contribution in [3.8, 4) is 0 Å². The van der Waals surface area contributed by atoms with Gasteiger partial charge in [-0.1, -0.05) is 0 Å². The van der Waals surface area contributed by atoms with Crippen LogP contribution in [0.25, 0.3) is 0 Å². The number of rotatable bonds is 3. The van der Waals surface area contributed by atoms with E-state index in [9.17, 15) is 9.59 Å². The lowest BCUT2D eigenvalue weighted by molar-refractivity contribution is -0.146. The predicted octanol–water partition coefficient (Wildman–Crippen LogP) is 0.719. The number of ether oxygens (including phenoxy) is 1. The second kappa shape index (κ2) is 7.12. The van der Waals surface area contributed by atoms with Crippen molar-refractivity contribution in [3.63, 3.8) is 0 Å². The van der Waals surface area contributed by atoms with E-state index in [-0.39, 0.29) is 23.8 Å². The number of hydrogen-bond acceptors (Lipinski definition) is 4. The fourth-order valence-corrected chi connectivity index (χ4v) is 3.36. The average molecular weight is 320 g/mol. The molecular weight excluding hydrogens is 296 g/mol. The van der Waals surface area contributed by atoms with Crippen molar-refractivity contribution in [1.29, 1.82) is 0 Å². The molecule has 2 saturated heterocycles. The minimum atomic E-state index is -0.293. The molecule has 7 nitrogen and oxygen atoms in total. The van der Waals surface area contributed by atoms with Gasteiger partial charge in [0.1, 0.15) is 11.9 Å². The Morgan fingerprint density at radius 3 is 3.17 bits per heavy atom. The van der Waals surface area contributed by atoms with Crippen molar-refractivity contribution in [1.82, 2.24) is 19.8 Å². The van der Waals surface area contributed by atoms with Crippen LogP contribution in [0.2, 0.25) is 0 Å². The molecule has 2 aliphatic rings. The van der Waals surface area contributed by atoms with Gasteiger partial charge in [0.15, 0.2) is 0 Å². The Bertz CT molecular complexity index is 571. The summed E-state index contributed by atoms with van der Waals surface area (Å²) >= 11 is 0. The molecule has 23 heavy (non-hydrogen) atoms. The van der Waals surface area contributed by atoms with Crippen molar-refractivity contribution in [2.24, 2.45) is 5.92 Å². The van der Waals surface area contributed by atoms with Crippen LogP contribution in [-0.4, -0.2) is 52.5 Å². The molecule has 7 heteroatoms. The highest BCUT2D eigenvalue weighted by Crippen LogP contribution is 2.34. The molecule has 2 amide bonds. The summed E-state index contributed by atoms with van der Waals surface area (Å²) in [6.07, 6.45) is 5.44. The summed E-state index contributed by atoms with van der Waals surface area (Å²) in [5.41, 5.74) is 0. The number of imidazole rings is 1. The van der Waals surface area contributed by atoms with E-state index in [1.54, 1.807) is 11.1 Å². The summed E-state index contributed by atoms with van der Waals surface area (Å²) in [7, 11) is 0. The minimum Gasteiger partial charge on any atom is -0.369 e. The van der Waals surface area contributed by atoms with E-state index < -0.39 is 0 Å². The Labute approximate surface area is 136 Å². The molecule has 2 fully saturated rings. The van der Waals surface area contributed by atoms with Gasteiger partial charge in [0, 0.05) is 51.6 Å². The van der Waals surface area contributed by atoms with Gasteiger partial charge in [-0.15, -0.1) is 0 Å². The summed E-state index contributed by atoms with van der Waals surface area (Å²) in [6.45, 7) is 5.08. The van der Waals surface area contributed by atoms with Gasteiger partial charge in [-0.2, -0.15) is 0 Å². The highest BCUT2D eigenvalue weighted by molar-refractivity contribution is 5.82. The van der Waals surface area contributed by atoms with Crippen LogP contribution >= 0.6 is 0 Å². The molecule has 2 aliphatic heterocycles. The molecule has 126 valence electrons. The molecule has 2 atom stereocenters. The third-order valence-electron chi connectivity index (χ3n) is 4.61. The van der Waals surface area contributed by atoms with Gasteiger partial charge in [-0.25, -0.2) is 4.98 Å². The smallest absolute Gasteiger partial charge is 0.228 e. The minimum absolute atomic E-state index is 0.0123. The zero-order valence-electron chi connectivity index (χ0n) is 13.5. The number of aryl methyl sites for hydroxylation is 1. The molecule has 1 aromatic rings. The first-order chi connectivity index (χ1) is 11.2. The van der Waals surface area contributed by atoms with Gasteiger partial charge in [0.05, 0.1) is 5.92 Å². The fraction of sp³-hybridized carbons (Fsp3) is 0.688. The number of carbonyl (C=O) groups excluding carboxylic acids is 2.